The van der Waals surface area contributed by atoms with Gasteiger partial charge in [-0.2, -0.15) is 0 Å². The number of rotatable bonds is 15. The van der Waals surface area contributed by atoms with E-state index < -0.39 is 36.5 Å². The zero-order valence-electron chi connectivity index (χ0n) is 18.8. The van der Waals surface area contributed by atoms with E-state index in [-0.39, 0.29) is 6.42 Å². The van der Waals surface area contributed by atoms with Gasteiger partial charge in [-0.1, -0.05) is 24.3 Å². The summed E-state index contributed by atoms with van der Waals surface area (Å²) in [5, 5.41) is 39.1. The number of aliphatic hydroxyl groups is 3. The van der Waals surface area contributed by atoms with Crippen LogP contribution in [0.5, 0.6) is 0 Å². The fourth-order valence-electron chi connectivity index (χ4n) is 3.65. The normalized spacial score (nSPS) is 25.5. The highest BCUT2D eigenvalue weighted by atomic mass is 16.6. The molecule has 0 radical (unpaired) electrons. The smallest absolute Gasteiger partial charge is 0.335 e. The van der Waals surface area contributed by atoms with Crippen molar-refractivity contribution in [3.8, 4) is 0 Å². The second kappa shape index (κ2) is 14.6. The number of nitrogens with zero attached hydrogens (tertiary/aromatic N) is 1. The van der Waals surface area contributed by atoms with E-state index in [1.54, 1.807) is 0 Å². The Morgan fingerprint density at radius 3 is 2.12 bits per heavy atom. The molecule has 188 valence electrons. The molecule has 5 unspecified atom stereocenters. The van der Waals surface area contributed by atoms with Gasteiger partial charge in [-0.25, -0.2) is 4.79 Å². The van der Waals surface area contributed by atoms with Gasteiger partial charge >= 0.3 is 5.97 Å². The van der Waals surface area contributed by atoms with Crippen LogP contribution in [-0.2, 0) is 32.0 Å². The van der Waals surface area contributed by atoms with Gasteiger partial charge in [0.25, 0.3) is 0 Å². The first kappa shape index (κ1) is 27.6. The maximum atomic E-state index is 11.3. The zero-order valence-corrected chi connectivity index (χ0v) is 18.8. The van der Waals surface area contributed by atoms with Gasteiger partial charge in [0.05, 0.1) is 32.5 Å². The predicted molar refractivity (Wildman–Crippen MR) is 119 cm³/mol. The lowest BCUT2D eigenvalue weighted by atomic mass is 9.91. The molecule has 1 saturated heterocycles. The highest BCUT2D eigenvalue weighted by Crippen LogP contribution is 2.24. The molecule has 0 saturated carbocycles. The number of ether oxygens (including phenoxy) is 3. The Bertz CT molecular complexity index is 693. The molecule has 1 heterocycles. The maximum Gasteiger partial charge on any atom is 0.335 e. The van der Waals surface area contributed by atoms with E-state index >= 15 is 0 Å². The van der Waals surface area contributed by atoms with Crippen LogP contribution in [0.3, 0.4) is 0 Å². The van der Waals surface area contributed by atoms with E-state index in [1.807, 2.05) is 24.3 Å². The minimum atomic E-state index is -1.69. The molecule has 1 aliphatic rings. The van der Waals surface area contributed by atoms with Crippen LogP contribution >= 0.6 is 0 Å². The average Bonchev–Trinajstić information content (AvgIpc) is 2.79. The fraction of sp³-hybridized carbons (Fsp3) is 0.682. The van der Waals surface area contributed by atoms with Crippen molar-refractivity contribution in [2.45, 2.75) is 43.5 Å². The third-order valence-corrected chi connectivity index (χ3v) is 5.45. The second-order valence-electron chi connectivity index (χ2n) is 8.00. The van der Waals surface area contributed by atoms with Crippen molar-refractivity contribution in [2.24, 2.45) is 11.5 Å². The highest BCUT2D eigenvalue weighted by molar-refractivity contribution is 5.73. The number of hydrogen-bond donors (Lipinski definition) is 6. The van der Waals surface area contributed by atoms with Crippen LogP contribution in [0.1, 0.15) is 11.1 Å². The number of aliphatic hydroxyl groups excluding tert-OH is 3. The van der Waals surface area contributed by atoms with Crippen molar-refractivity contribution < 1.29 is 39.4 Å². The summed E-state index contributed by atoms with van der Waals surface area (Å²) in [6.07, 6.45) is -7.02. The minimum absolute atomic E-state index is 0.196. The number of carbonyl (C=O) groups is 1. The standard InChI is InChI=1S/C22H37N3O8/c23-5-7-25(8-10-32-12-11-31-9-6-24)14-16-3-1-15(2-4-16)13-17-18(26)19(27)20(28)21(33-17)22(29)30/h1-4,17-21,26-28H,5-14,23-24H2,(H,29,30). The first-order chi connectivity index (χ1) is 15.9. The summed E-state index contributed by atoms with van der Waals surface area (Å²) in [5.41, 5.74) is 13.0. The number of hydrogen-bond acceptors (Lipinski definition) is 10. The molecular weight excluding hydrogens is 434 g/mol. The predicted octanol–water partition coefficient (Wildman–Crippen LogP) is -2.08. The van der Waals surface area contributed by atoms with E-state index in [0.717, 1.165) is 17.7 Å². The Labute approximate surface area is 193 Å². The number of aliphatic carboxylic acids is 1. The monoisotopic (exact) mass is 471 g/mol. The van der Waals surface area contributed by atoms with E-state index in [4.69, 9.17) is 25.7 Å². The van der Waals surface area contributed by atoms with Crippen molar-refractivity contribution in [1.29, 1.82) is 0 Å². The van der Waals surface area contributed by atoms with Crippen LogP contribution in [0.15, 0.2) is 24.3 Å². The molecule has 0 aliphatic carbocycles. The summed E-state index contributed by atoms with van der Waals surface area (Å²) in [5.74, 6) is -1.39. The fourth-order valence-corrected chi connectivity index (χ4v) is 3.65. The van der Waals surface area contributed by atoms with Crippen molar-refractivity contribution in [1.82, 2.24) is 4.90 Å². The molecule has 11 heteroatoms. The van der Waals surface area contributed by atoms with Crippen LogP contribution in [0.2, 0.25) is 0 Å². The van der Waals surface area contributed by atoms with Gasteiger partial charge in [-0.05, 0) is 11.1 Å². The first-order valence-electron chi connectivity index (χ1n) is 11.2. The summed E-state index contributed by atoms with van der Waals surface area (Å²) in [6.45, 7) is 5.22. The quantitative estimate of drug-likeness (QED) is 0.154. The molecule has 0 amide bonds. The van der Waals surface area contributed by atoms with Gasteiger partial charge in [-0.3, -0.25) is 4.90 Å². The van der Waals surface area contributed by atoms with Gasteiger partial charge in [0.1, 0.15) is 18.3 Å². The SMILES string of the molecule is NCCOCCOCCN(CCN)Cc1ccc(CC2OC(C(=O)O)C(O)C(O)C2O)cc1. The lowest BCUT2D eigenvalue weighted by Crippen LogP contribution is -2.60. The molecule has 1 fully saturated rings. The molecule has 33 heavy (non-hydrogen) atoms. The lowest BCUT2D eigenvalue weighted by molar-refractivity contribution is -0.227. The van der Waals surface area contributed by atoms with Gasteiger partial charge in [0.2, 0.25) is 0 Å². The lowest BCUT2D eigenvalue weighted by Gasteiger charge is -2.39. The Morgan fingerprint density at radius 2 is 1.52 bits per heavy atom. The largest absolute Gasteiger partial charge is 0.479 e. The molecule has 0 spiro atoms. The van der Waals surface area contributed by atoms with Crippen molar-refractivity contribution in [3.63, 3.8) is 0 Å². The van der Waals surface area contributed by atoms with Crippen LogP contribution in [-0.4, -0.2) is 114 Å². The third kappa shape index (κ3) is 8.89. The van der Waals surface area contributed by atoms with Crippen molar-refractivity contribution in [2.75, 3.05) is 52.6 Å². The van der Waals surface area contributed by atoms with Crippen molar-refractivity contribution in [3.05, 3.63) is 35.4 Å². The van der Waals surface area contributed by atoms with Gasteiger partial charge in [-0.15, -0.1) is 0 Å². The number of carboxylic acid groups (broad SMARTS) is 1. The maximum absolute atomic E-state index is 11.3. The molecule has 1 aliphatic heterocycles. The van der Waals surface area contributed by atoms with Gasteiger partial charge in [0.15, 0.2) is 6.10 Å². The van der Waals surface area contributed by atoms with Gasteiger partial charge < -0.3 is 46.1 Å². The summed E-state index contributed by atoms with van der Waals surface area (Å²) in [6, 6.07) is 7.61. The Morgan fingerprint density at radius 1 is 0.879 bits per heavy atom. The Hall–Kier alpha value is -1.67. The van der Waals surface area contributed by atoms with Crippen LogP contribution in [0.4, 0.5) is 0 Å². The Balaban J connectivity index is 1.85. The summed E-state index contributed by atoms with van der Waals surface area (Å²) < 4.78 is 16.2. The molecule has 0 aromatic heterocycles. The molecule has 5 atom stereocenters. The molecule has 2 rings (SSSR count). The molecule has 0 bridgehead atoms. The summed E-state index contributed by atoms with van der Waals surface area (Å²) in [4.78, 5) is 13.4. The van der Waals surface area contributed by atoms with Crippen LogP contribution in [0.25, 0.3) is 0 Å². The molecule has 1 aromatic carbocycles. The van der Waals surface area contributed by atoms with Crippen LogP contribution in [0, 0.1) is 0 Å². The third-order valence-electron chi connectivity index (χ3n) is 5.45. The number of carboxylic acids is 1. The highest BCUT2D eigenvalue weighted by Gasteiger charge is 2.46. The number of nitrogens with two attached hydrogens (primary N) is 2. The minimum Gasteiger partial charge on any atom is -0.479 e. The van der Waals surface area contributed by atoms with E-state index in [1.165, 1.54) is 0 Å². The van der Waals surface area contributed by atoms with Gasteiger partial charge in [0, 0.05) is 39.1 Å². The Kier molecular flexibility index (Phi) is 12.2. The number of benzene rings is 1. The van der Waals surface area contributed by atoms with E-state index in [9.17, 15) is 25.2 Å². The van der Waals surface area contributed by atoms with Crippen molar-refractivity contribution >= 4 is 5.97 Å². The molecule has 11 nitrogen and oxygen atoms in total. The van der Waals surface area contributed by atoms with Crippen LogP contribution < -0.4 is 11.5 Å². The average molecular weight is 472 g/mol. The second-order valence-corrected chi connectivity index (χ2v) is 8.00. The van der Waals surface area contributed by atoms with E-state index in [2.05, 4.69) is 4.90 Å². The molecule has 1 aromatic rings. The van der Waals surface area contributed by atoms with E-state index in [0.29, 0.717) is 52.6 Å². The summed E-state index contributed by atoms with van der Waals surface area (Å²) in [7, 11) is 0. The summed E-state index contributed by atoms with van der Waals surface area (Å²) >= 11 is 0. The molecular formula is C22H37N3O8. The topological polar surface area (TPSA) is 181 Å². The zero-order chi connectivity index (χ0) is 24.2. The first-order valence-corrected chi connectivity index (χ1v) is 11.2. The molecule has 8 N–H and O–H groups in total.